The molecule has 0 bridgehead atoms. The molecule has 3 rings (SSSR count). The van der Waals surface area contributed by atoms with E-state index in [-0.39, 0.29) is 11.3 Å². The lowest BCUT2D eigenvalue weighted by molar-refractivity contribution is -0.113. The highest BCUT2D eigenvalue weighted by atomic mass is 16.4. The van der Waals surface area contributed by atoms with E-state index in [1.807, 2.05) is 25.2 Å². The summed E-state index contributed by atoms with van der Waals surface area (Å²) in [6.45, 7) is 3.72. The summed E-state index contributed by atoms with van der Waals surface area (Å²) in [5, 5.41) is 24.0. The molecule has 1 aromatic carbocycles. The lowest BCUT2D eigenvalue weighted by Gasteiger charge is -2.15. The molecule has 2 atom stereocenters. The number of carbonyl (C=O) groups is 2. The Kier molecular flexibility index (Phi) is 6.19. The monoisotopic (exact) mass is 393 g/mol. The quantitative estimate of drug-likeness (QED) is 0.699. The van der Waals surface area contributed by atoms with Crippen LogP contribution in [0.4, 0.5) is 0 Å². The maximum absolute atomic E-state index is 12.6. The number of hydrogen-bond donors (Lipinski definition) is 2. The Hall–Kier alpha value is -3.32. The van der Waals surface area contributed by atoms with E-state index in [1.54, 1.807) is 31.2 Å². The number of aliphatic hydroxyl groups is 1. The number of carboxylic acids is 1. The van der Waals surface area contributed by atoms with Gasteiger partial charge in [-0.3, -0.25) is 4.79 Å². The van der Waals surface area contributed by atoms with Gasteiger partial charge in [-0.25, -0.2) is 14.5 Å². The van der Waals surface area contributed by atoms with Crippen LogP contribution in [0.1, 0.15) is 54.6 Å². The molecule has 0 spiro atoms. The van der Waals surface area contributed by atoms with Crippen LogP contribution in [0.2, 0.25) is 0 Å². The third-order valence-corrected chi connectivity index (χ3v) is 4.66. The van der Waals surface area contributed by atoms with Crippen LogP contribution in [0.25, 0.3) is 11.3 Å². The third-order valence-electron chi connectivity index (χ3n) is 4.66. The van der Waals surface area contributed by atoms with Gasteiger partial charge in [0.2, 0.25) is 0 Å². The molecular weight excluding hydrogens is 370 g/mol. The lowest BCUT2D eigenvalue weighted by Crippen LogP contribution is -2.17. The van der Waals surface area contributed by atoms with Crippen molar-refractivity contribution in [3.05, 3.63) is 71.9 Å². The summed E-state index contributed by atoms with van der Waals surface area (Å²) in [7, 11) is 0. The molecule has 7 nitrogen and oxygen atoms in total. The van der Waals surface area contributed by atoms with Gasteiger partial charge in [0.25, 0.3) is 0 Å². The molecule has 1 heterocycles. The number of aromatic nitrogens is 3. The Morgan fingerprint density at radius 1 is 1.14 bits per heavy atom. The second-order valence-electron chi connectivity index (χ2n) is 6.65. The van der Waals surface area contributed by atoms with Gasteiger partial charge in [0, 0.05) is 6.42 Å². The van der Waals surface area contributed by atoms with Crippen molar-refractivity contribution in [2.24, 2.45) is 0 Å². The largest absolute Gasteiger partial charge is 0.478 e. The van der Waals surface area contributed by atoms with Crippen LogP contribution in [0.3, 0.4) is 0 Å². The van der Waals surface area contributed by atoms with E-state index in [2.05, 4.69) is 10.1 Å². The molecule has 1 aliphatic carbocycles. The van der Waals surface area contributed by atoms with E-state index >= 15 is 0 Å². The topological polar surface area (TPSA) is 105 Å². The fraction of sp³-hybridized carbons (Fsp3) is 0.273. The Morgan fingerprint density at radius 3 is 2.41 bits per heavy atom. The first-order valence-electron chi connectivity index (χ1n) is 9.53. The van der Waals surface area contributed by atoms with Crippen LogP contribution in [0.5, 0.6) is 0 Å². The maximum Gasteiger partial charge on any atom is 0.335 e. The van der Waals surface area contributed by atoms with Gasteiger partial charge < -0.3 is 10.2 Å². The zero-order valence-electron chi connectivity index (χ0n) is 16.3. The van der Waals surface area contributed by atoms with E-state index in [9.17, 15) is 14.7 Å². The van der Waals surface area contributed by atoms with Crippen LogP contribution >= 0.6 is 0 Å². The van der Waals surface area contributed by atoms with Gasteiger partial charge in [-0.15, -0.1) is 5.10 Å². The molecule has 0 amide bonds. The summed E-state index contributed by atoms with van der Waals surface area (Å²) >= 11 is 0. The molecule has 2 N–H and O–H groups in total. The summed E-state index contributed by atoms with van der Waals surface area (Å²) in [4.78, 5) is 28.3. The summed E-state index contributed by atoms with van der Waals surface area (Å²) in [5.74, 6) is -0.744. The van der Waals surface area contributed by atoms with E-state index in [4.69, 9.17) is 5.11 Å². The van der Waals surface area contributed by atoms with E-state index < -0.39 is 18.0 Å². The van der Waals surface area contributed by atoms with Crippen molar-refractivity contribution in [2.45, 2.75) is 38.7 Å². The minimum absolute atomic E-state index is 0.0613. The fourth-order valence-electron chi connectivity index (χ4n) is 3.13. The van der Waals surface area contributed by atoms with Crippen LogP contribution < -0.4 is 0 Å². The molecule has 2 unspecified atom stereocenters. The summed E-state index contributed by atoms with van der Waals surface area (Å²) in [6, 6.07) is 6.20. The summed E-state index contributed by atoms with van der Waals surface area (Å²) < 4.78 is 1.54. The number of nitrogens with zero attached hydrogens (tertiary/aromatic N) is 3. The van der Waals surface area contributed by atoms with E-state index in [0.29, 0.717) is 35.8 Å². The SMILES string of the molecule is CC/C=C(\C(=O)CC)c1nc(C2C=CC=CC2O)nn1-c1ccc(C(=O)O)cc1. The number of hydrogen-bond acceptors (Lipinski definition) is 5. The van der Waals surface area contributed by atoms with E-state index in [1.165, 1.54) is 16.8 Å². The highest BCUT2D eigenvalue weighted by Gasteiger charge is 2.27. The Morgan fingerprint density at radius 2 is 1.83 bits per heavy atom. The number of benzene rings is 1. The Balaban J connectivity index is 2.15. The van der Waals surface area contributed by atoms with E-state index in [0.717, 1.165) is 0 Å². The molecule has 0 fully saturated rings. The maximum atomic E-state index is 12.6. The predicted molar refractivity (Wildman–Crippen MR) is 109 cm³/mol. The first-order valence-corrected chi connectivity index (χ1v) is 9.53. The number of ketones is 1. The summed E-state index contributed by atoms with van der Waals surface area (Å²) in [6.07, 6.45) is 9.06. The van der Waals surface area contributed by atoms with Crippen molar-refractivity contribution < 1.29 is 19.8 Å². The average Bonchev–Trinajstić information content (AvgIpc) is 3.16. The van der Waals surface area contributed by atoms with Crippen LogP contribution in [0.15, 0.2) is 54.6 Å². The highest BCUT2D eigenvalue weighted by Crippen LogP contribution is 2.27. The standard InChI is InChI=1S/C22H23N3O4/c1-3-7-17(18(26)4-2)21-23-20(16-8-5-6-9-19(16)27)24-25(21)15-12-10-14(11-13-15)22(28)29/h5-13,16,19,27H,3-4H2,1-2H3,(H,28,29)/b17-7+. The molecule has 0 saturated carbocycles. The molecule has 0 radical (unpaired) electrons. The first kappa shape index (κ1) is 20.4. The molecule has 0 saturated heterocycles. The van der Waals surface area contributed by atoms with Gasteiger partial charge in [0.05, 0.1) is 28.8 Å². The van der Waals surface area contributed by atoms with Gasteiger partial charge in [-0.1, -0.05) is 44.2 Å². The number of Topliss-reactive ketones (excluding diaryl/α,β-unsaturated/α-hetero) is 1. The number of allylic oxidation sites excluding steroid dienone is 4. The van der Waals surface area contributed by atoms with Crippen molar-refractivity contribution in [1.82, 2.24) is 14.8 Å². The number of carbonyl (C=O) groups excluding carboxylic acids is 1. The van der Waals surface area contributed by atoms with Gasteiger partial charge in [-0.05, 0) is 30.7 Å². The van der Waals surface area contributed by atoms with Crippen molar-refractivity contribution in [1.29, 1.82) is 0 Å². The highest BCUT2D eigenvalue weighted by molar-refractivity contribution is 6.19. The number of rotatable bonds is 7. The first-order chi connectivity index (χ1) is 14.0. The van der Waals surface area contributed by atoms with Gasteiger partial charge in [0.15, 0.2) is 17.4 Å². The van der Waals surface area contributed by atoms with Gasteiger partial charge in [-0.2, -0.15) is 0 Å². The van der Waals surface area contributed by atoms with Crippen LogP contribution in [-0.4, -0.2) is 42.8 Å². The van der Waals surface area contributed by atoms with Crippen LogP contribution in [0, 0.1) is 0 Å². The lowest BCUT2D eigenvalue weighted by atomic mass is 9.97. The molecule has 1 aliphatic rings. The fourth-order valence-corrected chi connectivity index (χ4v) is 3.13. The number of aliphatic hydroxyl groups excluding tert-OH is 1. The van der Waals surface area contributed by atoms with Crippen LogP contribution in [-0.2, 0) is 4.79 Å². The third kappa shape index (κ3) is 4.25. The average molecular weight is 393 g/mol. The molecule has 150 valence electrons. The normalized spacial score (nSPS) is 18.8. The zero-order chi connectivity index (χ0) is 21.0. The molecule has 0 aliphatic heterocycles. The smallest absolute Gasteiger partial charge is 0.335 e. The second kappa shape index (κ2) is 8.79. The zero-order valence-corrected chi connectivity index (χ0v) is 16.3. The number of carboxylic acid groups (broad SMARTS) is 1. The predicted octanol–water partition coefficient (Wildman–Crippen LogP) is 3.31. The van der Waals surface area contributed by atoms with Crippen molar-refractivity contribution in [2.75, 3.05) is 0 Å². The van der Waals surface area contributed by atoms with Crippen molar-refractivity contribution in [3.63, 3.8) is 0 Å². The minimum atomic E-state index is -1.02. The Bertz CT molecular complexity index is 1000. The van der Waals surface area contributed by atoms with Crippen molar-refractivity contribution >= 4 is 17.3 Å². The van der Waals surface area contributed by atoms with Crippen molar-refractivity contribution in [3.8, 4) is 5.69 Å². The van der Waals surface area contributed by atoms with Gasteiger partial charge >= 0.3 is 5.97 Å². The number of aromatic carboxylic acids is 1. The Labute approximate surface area is 168 Å². The molecule has 1 aromatic heterocycles. The molecule has 29 heavy (non-hydrogen) atoms. The minimum Gasteiger partial charge on any atom is -0.478 e. The molecule has 2 aromatic rings. The molecular formula is C22H23N3O4. The second-order valence-corrected chi connectivity index (χ2v) is 6.65. The van der Waals surface area contributed by atoms with Gasteiger partial charge in [0.1, 0.15) is 0 Å². The summed E-state index contributed by atoms with van der Waals surface area (Å²) in [5.41, 5.74) is 1.20. The molecule has 7 heteroatoms.